The van der Waals surface area contributed by atoms with Crippen LogP contribution in [-0.4, -0.2) is 21.6 Å². The Morgan fingerprint density at radius 2 is 1.92 bits per heavy atom. The number of halogens is 4. The number of rotatable bonds is 5. The van der Waals surface area contributed by atoms with E-state index < -0.39 is 45.9 Å². The van der Waals surface area contributed by atoms with Crippen LogP contribution < -0.4 is 0 Å². The first kappa shape index (κ1) is 17.8. The lowest BCUT2D eigenvalue weighted by atomic mass is 9.84. The fraction of sp³-hybridized carbons (Fsp3) is 0.267. The Labute approximate surface area is 133 Å². The highest BCUT2D eigenvalue weighted by Gasteiger charge is 2.60. The largest absolute Gasteiger partial charge is 0.373 e. The van der Waals surface area contributed by atoms with Crippen LogP contribution in [0.4, 0.5) is 17.6 Å². The lowest BCUT2D eigenvalue weighted by Gasteiger charge is -2.32. The molecular formula is C15H12F4N2O3. The molecule has 128 valence electrons. The Balaban J connectivity index is 2.66. The molecular weight excluding hydrogens is 332 g/mol. The van der Waals surface area contributed by atoms with Crippen molar-refractivity contribution in [2.75, 3.05) is 6.54 Å². The maximum absolute atomic E-state index is 14.8. The van der Waals surface area contributed by atoms with Crippen LogP contribution in [0.2, 0.25) is 0 Å². The summed E-state index contributed by atoms with van der Waals surface area (Å²) in [6, 6.07) is 3.59. The van der Waals surface area contributed by atoms with Gasteiger partial charge in [0, 0.05) is 22.7 Å². The molecule has 9 heteroatoms. The summed E-state index contributed by atoms with van der Waals surface area (Å²) in [7, 11) is 0. The zero-order valence-corrected chi connectivity index (χ0v) is 12.3. The molecule has 0 aliphatic carbocycles. The normalized spacial score (nSPS) is 14.2. The van der Waals surface area contributed by atoms with E-state index in [0.29, 0.717) is 17.7 Å². The number of nitrogens with zero attached hydrogens (tertiary/aromatic N) is 2. The average molecular weight is 344 g/mol. The third kappa shape index (κ3) is 3.07. The van der Waals surface area contributed by atoms with Gasteiger partial charge in [0.05, 0.1) is 0 Å². The lowest BCUT2D eigenvalue weighted by Crippen LogP contribution is -2.49. The van der Waals surface area contributed by atoms with E-state index in [-0.39, 0.29) is 6.07 Å². The van der Waals surface area contributed by atoms with Crippen LogP contribution in [0.5, 0.6) is 0 Å². The van der Waals surface area contributed by atoms with Gasteiger partial charge < -0.3 is 5.11 Å². The van der Waals surface area contributed by atoms with Gasteiger partial charge in [0.1, 0.15) is 17.3 Å². The molecule has 1 N–H and O–H groups in total. The van der Waals surface area contributed by atoms with Gasteiger partial charge in [0.25, 0.3) is 0 Å². The minimum atomic E-state index is -4.30. The second-order valence-electron chi connectivity index (χ2n) is 5.27. The fourth-order valence-electron chi connectivity index (χ4n) is 2.23. The van der Waals surface area contributed by atoms with Gasteiger partial charge in [-0.2, -0.15) is 8.78 Å². The van der Waals surface area contributed by atoms with Gasteiger partial charge in [0.2, 0.25) is 12.1 Å². The van der Waals surface area contributed by atoms with Gasteiger partial charge in [-0.05, 0) is 30.7 Å². The molecule has 1 aromatic carbocycles. The SMILES string of the molecule is Cc1ccc(C(F)(F)[C@](O)(C[N+](=O)[O-])c2ccc(F)cc2F)nc1. The second kappa shape index (κ2) is 6.16. The number of pyridine rings is 1. The van der Waals surface area contributed by atoms with Crippen LogP contribution >= 0.6 is 0 Å². The topological polar surface area (TPSA) is 76.3 Å². The summed E-state index contributed by atoms with van der Waals surface area (Å²) in [6.07, 6.45) is 1.08. The number of benzene rings is 1. The molecule has 0 amide bonds. The number of aryl methyl sites for hydroxylation is 1. The van der Waals surface area contributed by atoms with E-state index in [1.165, 1.54) is 6.07 Å². The molecule has 2 aromatic rings. The van der Waals surface area contributed by atoms with Crippen LogP contribution in [0.1, 0.15) is 16.8 Å². The van der Waals surface area contributed by atoms with E-state index in [4.69, 9.17) is 0 Å². The van der Waals surface area contributed by atoms with E-state index in [1.54, 1.807) is 6.92 Å². The van der Waals surface area contributed by atoms with Crippen molar-refractivity contribution in [1.29, 1.82) is 0 Å². The molecule has 0 spiro atoms. The van der Waals surface area contributed by atoms with Gasteiger partial charge >= 0.3 is 5.92 Å². The molecule has 1 aromatic heterocycles. The molecule has 0 radical (unpaired) electrons. The van der Waals surface area contributed by atoms with Crippen LogP contribution in [-0.2, 0) is 11.5 Å². The van der Waals surface area contributed by atoms with E-state index in [0.717, 1.165) is 12.3 Å². The van der Waals surface area contributed by atoms with Gasteiger partial charge in [-0.3, -0.25) is 15.1 Å². The molecule has 5 nitrogen and oxygen atoms in total. The summed E-state index contributed by atoms with van der Waals surface area (Å²) >= 11 is 0. The summed E-state index contributed by atoms with van der Waals surface area (Å²) in [5.74, 6) is -6.89. The Morgan fingerprint density at radius 1 is 1.25 bits per heavy atom. The van der Waals surface area contributed by atoms with Crippen molar-refractivity contribution in [2.24, 2.45) is 0 Å². The third-order valence-corrected chi connectivity index (χ3v) is 3.49. The van der Waals surface area contributed by atoms with Crippen molar-refractivity contribution in [3.8, 4) is 0 Å². The standard InChI is InChI=1S/C15H12F4N2O3/c1-9-2-5-13(20-7-9)15(18,19)14(22,8-21(23)24)11-4-3-10(16)6-12(11)17/h2-7,22H,8H2,1H3/t14-/m0/s1. The Hall–Kier alpha value is -2.55. The molecule has 0 fully saturated rings. The summed E-state index contributed by atoms with van der Waals surface area (Å²) in [4.78, 5) is 13.1. The Bertz CT molecular complexity index is 768. The van der Waals surface area contributed by atoms with Crippen molar-refractivity contribution >= 4 is 0 Å². The molecule has 0 aliphatic rings. The Morgan fingerprint density at radius 3 is 2.42 bits per heavy atom. The first-order valence-corrected chi connectivity index (χ1v) is 6.68. The predicted octanol–water partition coefficient (Wildman–Crippen LogP) is 2.92. The molecule has 1 atom stereocenters. The number of hydrogen-bond donors (Lipinski definition) is 1. The van der Waals surface area contributed by atoms with E-state index in [1.807, 2.05) is 0 Å². The second-order valence-corrected chi connectivity index (χ2v) is 5.27. The quantitative estimate of drug-likeness (QED) is 0.514. The smallest absolute Gasteiger partial charge is 0.328 e. The zero-order valence-electron chi connectivity index (χ0n) is 12.3. The first-order chi connectivity index (χ1) is 11.1. The Kier molecular flexibility index (Phi) is 4.57. The van der Waals surface area contributed by atoms with Crippen LogP contribution in [0.3, 0.4) is 0 Å². The van der Waals surface area contributed by atoms with Crippen molar-refractivity contribution in [3.05, 3.63) is 75.1 Å². The highest BCUT2D eigenvalue weighted by molar-refractivity contribution is 5.31. The van der Waals surface area contributed by atoms with Gasteiger partial charge in [-0.15, -0.1) is 0 Å². The molecule has 1 heterocycles. The van der Waals surface area contributed by atoms with Crippen LogP contribution in [0.15, 0.2) is 36.5 Å². The number of aromatic nitrogens is 1. The minimum Gasteiger partial charge on any atom is -0.373 e. The lowest BCUT2D eigenvalue weighted by molar-refractivity contribution is -0.514. The third-order valence-electron chi connectivity index (χ3n) is 3.49. The van der Waals surface area contributed by atoms with Crippen LogP contribution in [0, 0.1) is 28.7 Å². The maximum atomic E-state index is 14.8. The number of hydrogen-bond acceptors (Lipinski definition) is 4. The molecule has 2 rings (SSSR count). The fourth-order valence-corrected chi connectivity index (χ4v) is 2.23. The molecule has 0 bridgehead atoms. The van der Waals surface area contributed by atoms with Gasteiger partial charge in [-0.1, -0.05) is 6.07 Å². The van der Waals surface area contributed by atoms with Crippen molar-refractivity contribution in [1.82, 2.24) is 4.98 Å². The predicted molar refractivity (Wildman–Crippen MR) is 75.0 cm³/mol. The average Bonchev–Trinajstić information content (AvgIpc) is 2.46. The van der Waals surface area contributed by atoms with Gasteiger partial charge in [-0.25, -0.2) is 8.78 Å². The first-order valence-electron chi connectivity index (χ1n) is 6.68. The summed E-state index contributed by atoms with van der Waals surface area (Å²) < 4.78 is 56.5. The number of aliphatic hydroxyl groups is 1. The highest BCUT2D eigenvalue weighted by Crippen LogP contribution is 2.45. The van der Waals surface area contributed by atoms with Crippen molar-refractivity contribution in [2.45, 2.75) is 18.4 Å². The monoisotopic (exact) mass is 344 g/mol. The minimum absolute atomic E-state index is 0.263. The van der Waals surface area contributed by atoms with E-state index >= 15 is 0 Å². The van der Waals surface area contributed by atoms with E-state index in [2.05, 4.69) is 4.98 Å². The summed E-state index contributed by atoms with van der Waals surface area (Å²) in [5, 5.41) is 21.2. The summed E-state index contributed by atoms with van der Waals surface area (Å²) in [5.41, 5.74) is -5.06. The summed E-state index contributed by atoms with van der Waals surface area (Å²) in [6.45, 7) is -0.115. The maximum Gasteiger partial charge on any atom is 0.328 e. The van der Waals surface area contributed by atoms with Crippen molar-refractivity contribution in [3.63, 3.8) is 0 Å². The zero-order chi connectivity index (χ0) is 18.1. The molecule has 24 heavy (non-hydrogen) atoms. The number of nitro groups is 1. The number of alkyl halides is 2. The molecule has 0 aliphatic heterocycles. The van der Waals surface area contributed by atoms with Crippen molar-refractivity contribution < 1.29 is 27.6 Å². The molecule has 0 unspecified atom stereocenters. The van der Waals surface area contributed by atoms with Crippen LogP contribution in [0.25, 0.3) is 0 Å². The van der Waals surface area contributed by atoms with Gasteiger partial charge in [0.15, 0.2) is 0 Å². The van der Waals surface area contributed by atoms with E-state index in [9.17, 15) is 32.8 Å². The highest BCUT2D eigenvalue weighted by atomic mass is 19.3. The molecule has 0 saturated carbocycles. The molecule has 0 saturated heterocycles.